The molecule has 1 aliphatic heterocycles. The van der Waals surface area contributed by atoms with Gasteiger partial charge in [0.25, 0.3) is 11.8 Å². The van der Waals surface area contributed by atoms with Crippen LogP contribution < -0.4 is 16.0 Å². The van der Waals surface area contributed by atoms with Gasteiger partial charge in [-0.25, -0.2) is 4.79 Å². The summed E-state index contributed by atoms with van der Waals surface area (Å²) in [5.41, 5.74) is 2.09. The quantitative estimate of drug-likeness (QED) is 0.746. The zero-order valence-electron chi connectivity index (χ0n) is 14.5. The van der Waals surface area contributed by atoms with Crippen LogP contribution in [0.15, 0.2) is 29.6 Å². The molecule has 2 aromatic rings. The van der Waals surface area contributed by atoms with Gasteiger partial charge in [0.2, 0.25) is 5.91 Å². The Balaban J connectivity index is 1.73. The van der Waals surface area contributed by atoms with Gasteiger partial charge in [-0.05, 0) is 42.5 Å². The zero-order valence-corrected chi connectivity index (χ0v) is 15.3. The lowest BCUT2D eigenvalue weighted by atomic mass is 10.0. The van der Waals surface area contributed by atoms with Crippen molar-refractivity contribution in [1.82, 2.24) is 5.32 Å². The molecule has 1 aromatic carbocycles. The number of fused-ring (bicyclic) bond motifs is 1. The van der Waals surface area contributed by atoms with E-state index >= 15 is 0 Å². The lowest BCUT2D eigenvalue weighted by Crippen LogP contribution is -2.31. The van der Waals surface area contributed by atoms with Crippen molar-refractivity contribution in [2.75, 3.05) is 17.2 Å². The largest absolute Gasteiger partial charge is 0.450 e. The fraction of sp³-hybridized carbons (Fsp3) is 0.222. The lowest BCUT2D eigenvalue weighted by molar-refractivity contribution is -0.116. The van der Waals surface area contributed by atoms with Gasteiger partial charge in [-0.2, -0.15) is 0 Å². The number of benzene rings is 1. The number of hydrogen-bond donors (Lipinski definition) is 3. The highest BCUT2D eigenvalue weighted by atomic mass is 32.1. The highest BCUT2D eigenvalue weighted by Crippen LogP contribution is 2.26. The van der Waals surface area contributed by atoms with Crippen LogP contribution in [0.1, 0.15) is 39.6 Å². The summed E-state index contributed by atoms with van der Waals surface area (Å²) in [5.74, 6) is -1.18. The Morgan fingerprint density at radius 2 is 2.00 bits per heavy atom. The molecule has 0 saturated heterocycles. The van der Waals surface area contributed by atoms with E-state index in [0.717, 1.165) is 16.9 Å². The molecular formula is C18H17N3O5S. The molecule has 2 heterocycles. The van der Waals surface area contributed by atoms with Crippen LogP contribution in [0, 0.1) is 0 Å². The smallest absolute Gasteiger partial charge is 0.414 e. The molecular weight excluding hydrogens is 370 g/mol. The molecule has 0 atom stereocenters. The molecule has 0 unspecified atom stereocenters. The van der Waals surface area contributed by atoms with Gasteiger partial charge >= 0.3 is 6.09 Å². The third-order valence-corrected chi connectivity index (χ3v) is 4.73. The van der Waals surface area contributed by atoms with E-state index < -0.39 is 17.9 Å². The van der Waals surface area contributed by atoms with Gasteiger partial charge in [-0.3, -0.25) is 19.7 Å². The number of rotatable bonds is 4. The summed E-state index contributed by atoms with van der Waals surface area (Å²) < 4.78 is 4.67. The number of carbonyl (C=O) groups excluding carboxylic acids is 4. The van der Waals surface area contributed by atoms with Gasteiger partial charge in [0.15, 0.2) is 0 Å². The highest BCUT2D eigenvalue weighted by Gasteiger charge is 2.20. The molecule has 0 aliphatic carbocycles. The maximum absolute atomic E-state index is 12.5. The van der Waals surface area contributed by atoms with Crippen LogP contribution in [0.4, 0.5) is 15.5 Å². The molecule has 0 spiro atoms. The molecule has 8 nitrogen and oxygen atoms in total. The van der Waals surface area contributed by atoms with Crippen molar-refractivity contribution < 1.29 is 23.9 Å². The number of anilines is 2. The number of ether oxygens (including phenoxy) is 1. The number of thiophene rings is 1. The number of carbonyl (C=O) groups is 4. The van der Waals surface area contributed by atoms with Crippen LogP contribution in [0.5, 0.6) is 0 Å². The standard InChI is InChI=1S/C18H17N3O5S/c1-2-26-18(25)21-16(24)12-7-8-27-17(12)20-15(23)11-4-3-10-5-6-14(22)19-13(10)9-11/h3-4,7-9H,2,5-6H2,1H3,(H,19,22)(H,20,23)(H,21,24,25). The van der Waals surface area contributed by atoms with Gasteiger partial charge < -0.3 is 15.4 Å². The van der Waals surface area contributed by atoms with Crippen LogP contribution in [-0.2, 0) is 16.0 Å². The number of imide groups is 1. The molecule has 3 N–H and O–H groups in total. The van der Waals surface area contributed by atoms with E-state index in [0.29, 0.717) is 29.1 Å². The predicted octanol–water partition coefficient (Wildman–Crippen LogP) is 2.77. The van der Waals surface area contributed by atoms with E-state index in [2.05, 4.69) is 20.7 Å². The molecule has 27 heavy (non-hydrogen) atoms. The van der Waals surface area contributed by atoms with E-state index in [4.69, 9.17) is 0 Å². The average Bonchev–Trinajstić information content (AvgIpc) is 3.09. The first-order valence-electron chi connectivity index (χ1n) is 8.27. The van der Waals surface area contributed by atoms with Crippen molar-refractivity contribution in [2.45, 2.75) is 19.8 Å². The van der Waals surface area contributed by atoms with Gasteiger partial charge in [-0.15, -0.1) is 11.3 Å². The van der Waals surface area contributed by atoms with Crippen molar-refractivity contribution in [1.29, 1.82) is 0 Å². The molecule has 9 heteroatoms. The minimum absolute atomic E-state index is 0.0868. The van der Waals surface area contributed by atoms with Gasteiger partial charge in [0.05, 0.1) is 12.2 Å². The number of alkyl carbamates (subject to hydrolysis) is 1. The number of hydrogen-bond acceptors (Lipinski definition) is 6. The monoisotopic (exact) mass is 387 g/mol. The summed E-state index contributed by atoms with van der Waals surface area (Å²) in [6.07, 6.45) is 0.204. The van der Waals surface area contributed by atoms with Crippen LogP contribution in [0.3, 0.4) is 0 Å². The van der Waals surface area contributed by atoms with E-state index in [1.165, 1.54) is 6.07 Å². The van der Waals surface area contributed by atoms with Crippen molar-refractivity contribution in [3.8, 4) is 0 Å². The average molecular weight is 387 g/mol. The molecule has 0 fully saturated rings. The predicted molar refractivity (Wildman–Crippen MR) is 100 cm³/mol. The number of nitrogens with one attached hydrogen (secondary N) is 3. The lowest BCUT2D eigenvalue weighted by Gasteiger charge is -2.17. The Morgan fingerprint density at radius 3 is 2.78 bits per heavy atom. The van der Waals surface area contributed by atoms with Crippen molar-refractivity contribution >= 4 is 45.8 Å². The Bertz CT molecular complexity index is 921. The van der Waals surface area contributed by atoms with Crippen LogP contribution in [-0.4, -0.2) is 30.4 Å². The number of aryl methyl sites for hydroxylation is 1. The Kier molecular flexibility index (Phi) is 5.51. The maximum atomic E-state index is 12.5. The zero-order chi connectivity index (χ0) is 19.4. The number of amides is 4. The van der Waals surface area contributed by atoms with Gasteiger partial charge in [0, 0.05) is 17.7 Å². The summed E-state index contributed by atoms with van der Waals surface area (Å²) in [7, 11) is 0. The second kappa shape index (κ2) is 8.00. The highest BCUT2D eigenvalue weighted by molar-refractivity contribution is 7.14. The molecule has 0 saturated carbocycles. The Labute approximate surface area is 158 Å². The van der Waals surface area contributed by atoms with E-state index in [1.807, 2.05) is 0 Å². The van der Waals surface area contributed by atoms with Crippen molar-refractivity contribution in [2.24, 2.45) is 0 Å². The topological polar surface area (TPSA) is 114 Å². The Hall–Kier alpha value is -3.20. The van der Waals surface area contributed by atoms with Crippen LogP contribution in [0.2, 0.25) is 0 Å². The van der Waals surface area contributed by atoms with Crippen molar-refractivity contribution in [3.63, 3.8) is 0 Å². The van der Waals surface area contributed by atoms with Gasteiger partial charge in [0.1, 0.15) is 5.00 Å². The molecule has 0 bridgehead atoms. The Morgan fingerprint density at radius 1 is 1.19 bits per heavy atom. The second-order valence-corrected chi connectivity index (χ2v) is 6.63. The fourth-order valence-corrected chi connectivity index (χ4v) is 3.38. The first kappa shape index (κ1) is 18.6. The normalized spacial score (nSPS) is 12.6. The van der Waals surface area contributed by atoms with Crippen LogP contribution in [0.25, 0.3) is 0 Å². The molecule has 1 aromatic heterocycles. The van der Waals surface area contributed by atoms with Crippen molar-refractivity contribution in [3.05, 3.63) is 46.3 Å². The molecule has 1 aliphatic rings. The molecule has 140 valence electrons. The first-order valence-corrected chi connectivity index (χ1v) is 9.15. The first-order chi connectivity index (χ1) is 13.0. The fourth-order valence-electron chi connectivity index (χ4n) is 2.60. The molecule has 4 amide bonds. The maximum Gasteiger partial charge on any atom is 0.414 e. The summed E-state index contributed by atoms with van der Waals surface area (Å²) in [6, 6.07) is 6.57. The third kappa shape index (κ3) is 4.32. The summed E-state index contributed by atoms with van der Waals surface area (Å²) in [5, 5.41) is 9.44. The SMILES string of the molecule is CCOC(=O)NC(=O)c1ccsc1NC(=O)c1ccc2c(c1)NC(=O)CC2. The summed E-state index contributed by atoms with van der Waals surface area (Å²) >= 11 is 1.16. The van der Waals surface area contributed by atoms with E-state index in [1.54, 1.807) is 30.5 Å². The molecule has 0 radical (unpaired) electrons. The third-order valence-electron chi connectivity index (χ3n) is 3.90. The molecule has 3 rings (SSSR count). The minimum atomic E-state index is -0.851. The van der Waals surface area contributed by atoms with Gasteiger partial charge in [-0.1, -0.05) is 6.07 Å². The second-order valence-electron chi connectivity index (χ2n) is 5.71. The van der Waals surface area contributed by atoms with E-state index in [-0.39, 0.29) is 18.1 Å². The minimum Gasteiger partial charge on any atom is -0.450 e. The summed E-state index contributed by atoms with van der Waals surface area (Å²) in [4.78, 5) is 47.6. The summed E-state index contributed by atoms with van der Waals surface area (Å²) in [6.45, 7) is 1.77. The van der Waals surface area contributed by atoms with E-state index in [9.17, 15) is 19.2 Å². The van der Waals surface area contributed by atoms with Crippen LogP contribution >= 0.6 is 11.3 Å².